The normalized spacial score (nSPS) is 20.0. The van der Waals surface area contributed by atoms with Crippen molar-refractivity contribution in [3.05, 3.63) is 54.4 Å². The molecule has 134 valence electrons. The van der Waals surface area contributed by atoms with Crippen molar-refractivity contribution in [2.45, 2.75) is 25.4 Å². The number of likely N-dealkylation sites (tertiary alicyclic amines) is 1. The van der Waals surface area contributed by atoms with Crippen LogP contribution in [0, 0.1) is 5.92 Å². The number of hydrogen-bond acceptors (Lipinski definition) is 5. The van der Waals surface area contributed by atoms with E-state index >= 15 is 0 Å². The van der Waals surface area contributed by atoms with Gasteiger partial charge in [-0.3, -0.25) is 14.8 Å². The predicted octanol–water partition coefficient (Wildman–Crippen LogP) is 1.35. The zero-order valence-corrected chi connectivity index (χ0v) is 14.4. The van der Waals surface area contributed by atoms with Gasteiger partial charge in [-0.25, -0.2) is 4.98 Å². The number of carbonyl (C=O) groups excluding carboxylic acids is 1. The smallest absolute Gasteiger partial charge is 0.223 e. The molecule has 3 heterocycles. The summed E-state index contributed by atoms with van der Waals surface area (Å²) in [6.45, 7) is 0.931. The van der Waals surface area contributed by atoms with Gasteiger partial charge in [0, 0.05) is 50.4 Å². The summed E-state index contributed by atoms with van der Waals surface area (Å²) in [5, 5.41) is 10.3. The molecule has 0 saturated carbocycles. The zero-order chi connectivity index (χ0) is 17.9. The molecule has 1 saturated heterocycles. The maximum Gasteiger partial charge on any atom is 0.223 e. The minimum absolute atomic E-state index is 0.00171. The molecule has 3 aromatic rings. The van der Waals surface area contributed by atoms with Crippen molar-refractivity contribution < 1.29 is 9.90 Å². The van der Waals surface area contributed by atoms with Gasteiger partial charge >= 0.3 is 0 Å². The van der Waals surface area contributed by atoms with E-state index in [2.05, 4.69) is 19.9 Å². The van der Waals surface area contributed by atoms with Crippen molar-refractivity contribution in [1.82, 2.24) is 24.8 Å². The van der Waals surface area contributed by atoms with Crippen LogP contribution in [-0.4, -0.2) is 55.0 Å². The molecule has 2 aromatic heterocycles. The number of rotatable bonds is 5. The van der Waals surface area contributed by atoms with Gasteiger partial charge in [0.1, 0.15) is 5.82 Å². The first kappa shape index (κ1) is 16.7. The Bertz CT molecular complexity index is 862. The fourth-order valence-corrected chi connectivity index (χ4v) is 3.47. The average molecular weight is 351 g/mol. The number of aliphatic hydroxyl groups excluding tert-OH is 1. The molecule has 1 aliphatic heterocycles. The first-order valence-electron chi connectivity index (χ1n) is 8.83. The van der Waals surface area contributed by atoms with Crippen molar-refractivity contribution in [3.63, 3.8) is 0 Å². The molecule has 7 heteroatoms. The number of carbonyl (C=O) groups is 1. The number of aromatic nitrogens is 4. The van der Waals surface area contributed by atoms with E-state index in [1.807, 2.05) is 24.3 Å². The van der Waals surface area contributed by atoms with E-state index in [1.165, 1.54) is 0 Å². The van der Waals surface area contributed by atoms with E-state index in [1.54, 1.807) is 23.5 Å². The highest BCUT2D eigenvalue weighted by Crippen LogP contribution is 2.21. The number of aryl methyl sites for hydroxylation is 1. The maximum absolute atomic E-state index is 12.5. The molecule has 1 fully saturated rings. The molecule has 26 heavy (non-hydrogen) atoms. The molecule has 2 N–H and O–H groups in total. The van der Waals surface area contributed by atoms with Crippen LogP contribution in [0.2, 0.25) is 0 Å². The third kappa shape index (κ3) is 3.57. The summed E-state index contributed by atoms with van der Waals surface area (Å²) in [6, 6.07) is 7.83. The largest absolute Gasteiger partial charge is 0.391 e. The third-order valence-electron chi connectivity index (χ3n) is 4.86. The summed E-state index contributed by atoms with van der Waals surface area (Å²) in [6.07, 6.45) is 6.03. The summed E-state index contributed by atoms with van der Waals surface area (Å²) in [7, 11) is 0. The van der Waals surface area contributed by atoms with Crippen molar-refractivity contribution in [2.24, 2.45) is 5.92 Å². The van der Waals surface area contributed by atoms with E-state index in [-0.39, 0.29) is 11.8 Å². The second-order valence-electron chi connectivity index (χ2n) is 6.73. The lowest BCUT2D eigenvalue weighted by Crippen LogP contribution is -2.29. The quantitative estimate of drug-likeness (QED) is 0.723. The number of aliphatic hydroxyl groups is 1. The van der Waals surface area contributed by atoms with E-state index in [9.17, 15) is 9.90 Å². The fraction of sp³-hybridized carbons (Fsp3) is 0.368. The number of para-hydroxylation sites is 2. The molecule has 2 atom stereocenters. The minimum Gasteiger partial charge on any atom is -0.391 e. The standard InChI is InChI=1S/C19H21N5O2/c25-17-12-24(11-13(17)9-14-10-20-7-8-21-14)19(26)6-5-18-22-15-3-1-2-4-16(15)23-18/h1-4,7-8,10,13,17,25H,5-6,9,11-12H2,(H,22,23)/t13-,17-/m1/s1. The Morgan fingerprint density at radius 1 is 1.27 bits per heavy atom. The number of H-pyrrole nitrogens is 1. The Labute approximate surface area is 151 Å². The molecule has 1 aliphatic rings. The van der Waals surface area contributed by atoms with Crippen molar-refractivity contribution in [1.29, 1.82) is 0 Å². The molecule has 7 nitrogen and oxygen atoms in total. The van der Waals surface area contributed by atoms with Crippen molar-refractivity contribution in [3.8, 4) is 0 Å². The number of benzene rings is 1. The molecule has 0 spiro atoms. The monoisotopic (exact) mass is 351 g/mol. The molecule has 1 amide bonds. The molecule has 0 unspecified atom stereocenters. The van der Waals surface area contributed by atoms with Gasteiger partial charge in [-0.15, -0.1) is 0 Å². The fourth-order valence-electron chi connectivity index (χ4n) is 3.47. The molecule has 0 radical (unpaired) electrons. The molecule has 4 rings (SSSR count). The van der Waals surface area contributed by atoms with Gasteiger partial charge in [-0.05, 0) is 18.6 Å². The number of imidazole rings is 1. The van der Waals surface area contributed by atoms with Crippen LogP contribution >= 0.6 is 0 Å². The molecular weight excluding hydrogens is 330 g/mol. The Morgan fingerprint density at radius 3 is 2.96 bits per heavy atom. The lowest BCUT2D eigenvalue weighted by molar-refractivity contribution is -0.130. The van der Waals surface area contributed by atoms with Crippen LogP contribution in [0.3, 0.4) is 0 Å². The van der Waals surface area contributed by atoms with Crippen LogP contribution in [0.4, 0.5) is 0 Å². The summed E-state index contributed by atoms with van der Waals surface area (Å²) in [5.41, 5.74) is 2.74. The van der Waals surface area contributed by atoms with Gasteiger partial charge in [0.15, 0.2) is 0 Å². The molecule has 1 aromatic carbocycles. The third-order valence-corrected chi connectivity index (χ3v) is 4.86. The topological polar surface area (TPSA) is 95.0 Å². The summed E-state index contributed by atoms with van der Waals surface area (Å²) in [5.74, 6) is 0.864. The van der Waals surface area contributed by atoms with Crippen LogP contribution < -0.4 is 0 Å². The Balaban J connectivity index is 1.33. The van der Waals surface area contributed by atoms with Crippen molar-refractivity contribution in [2.75, 3.05) is 13.1 Å². The van der Waals surface area contributed by atoms with Gasteiger partial charge in [-0.2, -0.15) is 0 Å². The number of nitrogens with one attached hydrogen (secondary N) is 1. The number of amides is 1. The van der Waals surface area contributed by atoms with Gasteiger partial charge in [0.2, 0.25) is 5.91 Å². The number of nitrogens with zero attached hydrogens (tertiary/aromatic N) is 4. The number of aromatic amines is 1. The summed E-state index contributed by atoms with van der Waals surface area (Å²) in [4.78, 5) is 30.3. The predicted molar refractivity (Wildman–Crippen MR) is 96.2 cm³/mol. The number of hydrogen-bond donors (Lipinski definition) is 2. The lowest BCUT2D eigenvalue weighted by atomic mass is 10.0. The van der Waals surface area contributed by atoms with E-state index < -0.39 is 6.10 Å². The first-order valence-corrected chi connectivity index (χ1v) is 8.83. The highest BCUT2D eigenvalue weighted by atomic mass is 16.3. The summed E-state index contributed by atoms with van der Waals surface area (Å²) >= 11 is 0. The Hall–Kier alpha value is -2.80. The van der Waals surface area contributed by atoms with E-state index in [4.69, 9.17) is 0 Å². The minimum atomic E-state index is -0.521. The summed E-state index contributed by atoms with van der Waals surface area (Å²) < 4.78 is 0. The molecular formula is C19H21N5O2. The zero-order valence-electron chi connectivity index (χ0n) is 14.4. The molecule has 0 aliphatic carbocycles. The number of β-amino-alcohol motifs (C(OH)–C–C–N with tert-alkyl or cyclic N) is 1. The average Bonchev–Trinajstić information content (AvgIpc) is 3.24. The van der Waals surface area contributed by atoms with Crippen LogP contribution in [-0.2, 0) is 17.6 Å². The second kappa shape index (κ2) is 7.21. The van der Waals surface area contributed by atoms with E-state index in [0.29, 0.717) is 32.4 Å². The van der Waals surface area contributed by atoms with Crippen LogP contribution in [0.25, 0.3) is 11.0 Å². The van der Waals surface area contributed by atoms with E-state index in [0.717, 1.165) is 22.6 Å². The van der Waals surface area contributed by atoms with Crippen LogP contribution in [0.1, 0.15) is 17.9 Å². The highest BCUT2D eigenvalue weighted by Gasteiger charge is 2.34. The maximum atomic E-state index is 12.5. The first-order chi connectivity index (χ1) is 12.7. The van der Waals surface area contributed by atoms with Crippen LogP contribution in [0.15, 0.2) is 42.9 Å². The van der Waals surface area contributed by atoms with Gasteiger partial charge in [0.05, 0.1) is 22.8 Å². The SMILES string of the molecule is O=C(CCc1nc2ccccc2[nH]1)N1C[C@@H](Cc2cnccn2)[C@H](O)C1. The Morgan fingerprint density at radius 2 is 2.15 bits per heavy atom. The molecule has 0 bridgehead atoms. The van der Waals surface area contributed by atoms with Gasteiger partial charge < -0.3 is 15.0 Å². The van der Waals surface area contributed by atoms with Crippen LogP contribution in [0.5, 0.6) is 0 Å². The van der Waals surface area contributed by atoms with Gasteiger partial charge in [0.25, 0.3) is 0 Å². The van der Waals surface area contributed by atoms with Gasteiger partial charge in [-0.1, -0.05) is 12.1 Å². The number of fused-ring (bicyclic) bond motifs is 1. The lowest BCUT2D eigenvalue weighted by Gasteiger charge is -2.15. The second-order valence-corrected chi connectivity index (χ2v) is 6.73. The Kier molecular flexibility index (Phi) is 4.62. The highest BCUT2D eigenvalue weighted by molar-refractivity contribution is 5.77. The van der Waals surface area contributed by atoms with Crippen molar-refractivity contribution >= 4 is 16.9 Å².